The first-order valence-electron chi connectivity index (χ1n) is 6.73. The lowest BCUT2D eigenvalue weighted by atomic mass is 10.1. The Bertz CT molecular complexity index is 331. The van der Waals surface area contributed by atoms with Crippen molar-refractivity contribution in [3.05, 3.63) is 11.7 Å². The van der Waals surface area contributed by atoms with Crippen LogP contribution in [0.5, 0.6) is 0 Å². The number of rotatable bonds is 9. The highest BCUT2D eigenvalue weighted by atomic mass is 16.5. The van der Waals surface area contributed by atoms with E-state index in [4.69, 9.17) is 15.0 Å². The van der Waals surface area contributed by atoms with Crippen LogP contribution in [0.4, 0.5) is 0 Å². The van der Waals surface area contributed by atoms with Gasteiger partial charge in [-0.3, -0.25) is 0 Å². The Labute approximate surface area is 109 Å². The second-order valence-electron chi connectivity index (χ2n) is 5.20. The fourth-order valence-electron chi connectivity index (χ4n) is 1.54. The van der Waals surface area contributed by atoms with Gasteiger partial charge in [-0.1, -0.05) is 37.8 Å². The molecule has 0 radical (unpaired) electrons. The average Bonchev–Trinajstić information content (AvgIpc) is 2.76. The molecule has 1 heterocycles. The van der Waals surface area contributed by atoms with Gasteiger partial charge in [-0.2, -0.15) is 4.98 Å². The van der Waals surface area contributed by atoms with Crippen molar-refractivity contribution >= 4 is 0 Å². The molecule has 0 aliphatic carbocycles. The number of hydrogen-bond acceptors (Lipinski definition) is 5. The van der Waals surface area contributed by atoms with Crippen LogP contribution in [0, 0.1) is 0 Å². The lowest BCUT2D eigenvalue weighted by molar-refractivity contribution is 0.0942. The van der Waals surface area contributed by atoms with Crippen molar-refractivity contribution in [2.24, 2.45) is 5.73 Å². The Morgan fingerprint density at radius 2 is 1.94 bits per heavy atom. The molecule has 1 rings (SSSR count). The summed E-state index contributed by atoms with van der Waals surface area (Å²) in [6.45, 7) is 7.01. The molecule has 0 fully saturated rings. The summed E-state index contributed by atoms with van der Waals surface area (Å²) in [5.41, 5.74) is 5.30. The van der Waals surface area contributed by atoms with Crippen molar-refractivity contribution in [3.63, 3.8) is 0 Å². The third kappa shape index (κ3) is 5.60. The molecule has 1 aromatic rings. The molecule has 0 saturated carbocycles. The van der Waals surface area contributed by atoms with Crippen LogP contribution >= 0.6 is 0 Å². The first-order valence-corrected chi connectivity index (χ1v) is 6.73. The minimum Gasteiger partial charge on any atom is -0.372 e. The van der Waals surface area contributed by atoms with Crippen LogP contribution in [0.25, 0.3) is 0 Å². The lowest BCUT2D eigenvalue weighted by Crippen LogP contribution is -2.30. The summed E-state index contributed by atoms with van der Waals surface area (Å²) in [6, 6.07) is 0. The monoisotopic (exact) mass is 255 g/mol. The maximum absolute atomic E-state index is 5.87. The summed E-state index contributed by atoms with van der Waals surface area (Å²) in [4.78, 5) is 4.20. The number of hydrogen-bond donors (Lipinski definition) is 1. The molecule has 0 spiro atoms. The van der Waals surface area contributed by atoms with E-state index in [0.717, 1.165) is 13.0 Å². The molecule has 18 heavy (non-hydrogen) atoms. The van der Waals surface area contributed by atoms with Gasteiger partial charge in [0.1, 0.15) is 6.61 Å². The predicted octanol–water partition coefficient (Wildman–Crippen LogP) is 2.75. The Kier molecular flexibility index (Phi) is 6.29. The second kappa shape index (κ2) is 7.48. The molecule has 0 bridgehead atoms. The molecule has 104 valence electrons. The van der Waals surface area contributed by atoms with Gasteiger partial charge in [-0.15, -0.1) is 0 Å². The molecule has 0 saturated heterocycles. The zero-order valence-corrected chi connectivity index (χ0v) is 11.7. The van der Waals surface area contributed by atoms with Gasteiger partial charge in [-0.25, -0.2) is 0 Å². The van der Waals surface area contributed by atoms with Crippen molar-refractivity contribution in [3.8, 4) is 0 Å². The molecule has 0 unspecified atom stereocenters. The fraction of sp³-hybridized carbons (Fsp3) is 0.846. The van der Waals surface area contributed by atoms with E-state index in [0.29, 0.717) is 18.3 Å². The maximum Gasteiger partial charge on any atom is 0.252 e. The van der Waals surface area contributed by atoms with Crippen LogP contribution < -0.4 is 5.73 Å². The number of nitrogens with two attached hydrogens (primary N) is 1. The predicted molar refractivity (Wildman–Crippen MR) is 69.9 cm³/mol. The van der Waals surface area contributed by atoms with Crippen molar-refractivity contribution < 1.29 is 9.26 Å². The van der Waals surface area contributed by atoms with Gasteiger partial charge in [0.2, 0.25) is 0 Å². The van der Waals surface area contributed by atoms with Crippen LogP contribution in [-0.4, -0.2) is 16.7 Å². The third-order valence-corrected chi connectivity index (χ3v) is 2.66. The normalized spacial score (nSPS) is 12.0. The highest BCUT2D eigenvalue weighted by molar-refractivity contribution is 4.98. The molecule has 2 N–H and O–H groups in total. The van der Waals surface area contributed by atoms with E-state index in [-0.39, 0.29) is 0 Å². The first-order chi connectivity index (χ1) is 8.54. The van der Waals surface area contributed by atoms with Gasteiger partial charge in [0.25, 0.3) is 5.89 Å². The summed E-state index contributed by atoms with van der Waals surface area (Å²) in [5.74, 6) is 1.01. The molecule has 0 amide bonds. The number of nitrogens with zero attached hydrogens (tertiary/aromatic N) is 2. The van der Waals surface area contributed by atoms with Gasteiger partial charge in [0.15, 0.2) is 5.82 Å². The minimum absolute atomic E-state index is 0.372. The Morgan fingerprint density at radius 1 is 1.22 bits per heavy atom. The molecule has 0 atom stereocenters. The molecule has 0 aliphatic heterocycles. The zero-order valence-electron chi connectivity index (χ0n) is 11.7. The third-order valence-electron chi connectivity index (χ3n) is 2.66. The summed E-state index contributed by atoms with van der Waals surface area (Å²) < 4.78 is 10.6. The van der Waals surface area contributed by atoms with E-state index in [1.165, 1.54) is 25.7 Å². The summed E-state index contributed by atoms with van der Waals surface area (Å²) in [7, 11) is 0. The van der Waals surface area contributed by atoms with Gasteiger partial charge in [-0.05, 0) is 20.3 Å². The molecular weight excluding hydrogens is 230 g/mol. The van der Waals surface area contributed by atoms with Crippen LogP contribution in [-0.2, 0) is 16.9 Å². The van der Waals surface area contributed by atoms with E-state index >= 15 is 0 Å². The van der Waals surface area contributed by atoms with Gasteiger partial charge >= 0.3 is 0 Å². The molecule has 5 heteroatoms. The van der Waals surface area contributed by atoms with Gasteiger partial charge in [0, 0.05) is 6.61 Å². The molecule has 5 nitrogen and oxygen atoms in total. The van der Waals surface area contributed by atoms with Crippen LogP contribution in [0.2, 0.25) is 0 Å². The largest absolute Gasteiger partial charge is 0.372 e. The molecule has 0 aliphatic rings. The molecular formula is C13H25N3O2. The molecule has 1 aromatic heterocycles. The van der Waals surface area contributed by atoms with E-state index < -0.39 is 5.54 Å². The Balaban J connectivity index is 2.14. The number of ether oxygens (including phenoxy) is 1. The summed E-state index contributed by atoms with van der Waals surface area (Å²) in [6.07, 6.45) is 6.16. The molecule has 0 aromatic carbocycles. The second-order valence-corrected chi connectivity index (χ2v) is 5.20. The first kappa shape index (κ1) is 15.1. The van der Waals surface area contributed by atoms with E-state index in [2.05, 4.69) is 17.1 Å². The standard InChI is InChI=1S/C13H25N3O2/c1-4-5-6-7-8-9-17-10-11-15-12(16-18-11)13(2,3)14/h4-10,14H2,1-3H3. The highest BCUT2D eigenvalue weighted by Gasteiger charge is 2.21. The van der Waals surface area contributed by atoms with Crippen molar-refractivity contribution in [1.29, 1.82) is 0 Å². The Morgan fingerprint density at radius 3 is 2.56 bits per heavy atom. The van der Waals surface area contributed by atoms with Crippen LogP contribution in [0.3, 0.4) is 0 Å². The van der Waals surface area contributed by atoms with Crippen LogP contribution in [0.1, 0.15) is 64.6 Å². The van der Waals surface area contributed by atoms with Crippen molar-refractivity contribution in [2.45, 2.75) is 65.0 Å². The van der Waals surface area contributed by atoms with Gasteiger partial charge in [0.05, 0.1) is 5.54 Å². The fourth-order valence-corrected chi connectivity index (χ4v) is 1.54. The van der Waals surface area contributed by atoms with E-state index in [1.54, 1.807) is 0 Å². The van der Waals surface area contributed by atoms with Crippen molar-refractivity contribution in [1.82, 2.24) is 10.1 Å². The van der Waals surface area contributed by atoms with E-state index in [1.807, 2.05) is 13.8 Å². The summed E-state index contributed by atoms with van der Waals surface area (Å²) >= 11 is 0. The topological polar surface area (TPSA) is 74.2 Å². The zero-order chi connectivity index (χ0) is 13.4. The highest BCUT2D eigenvalue weighted by Crippen LogP contribution is 2.13. The van der Waals surface area contributed by atoms with E-state index in [9.17, 15) is 0 Å². The van der Waals surface area contributed by atoms with Crippen LogP contribution in [0.15, 0.2) is 4.52 Å². The maximum atomic E-state index is 5.87. The number of aromatic nitrogens is 2. The minimum atomic E-state index is -0.568. The van der Waals surface area contributed by atoms with Gasteiger partial charge < -0.3 is 15.0 Å². The smallest absolute Gasteiger partial charge is 0.252 e. The van der Waals surface area contributed by atoms with Crippen molar-refractivity contribution in [2.75, 3.05) is 6.61 Å². The summed E-state index contributed by atoms with van der Waals surface area (Å²) in [5, 5.41) is 3.84. The Hall–Kier alpha value is -0.940. The quantitative estimate of drug-likeness (QED) is 0.687. The lowest BCUT2D eigenvalue weighted by Gasteiger charge is -2.11. The SMILES string of the molecule is CCCCCCCOCc1nc(C(C)(C)N)no1. The number of unbranched alkanes of at least 4 members (excludes halogenated alkanes) is 4. The average molecular weight is 255 g/mol.